The van der Waals surface area contributed by atoms with Gasteiger partial charge in [0.1, 0.15) is 15.6 Å². The number of hydrogen-bond donors (Lipinski definition) is 1. The lowest BCUT2D eigenvalue weighted by atomic mass is 10.1. The number of aromatic carboxylic acids is 1. The average molecular weight is 439 g/mol. The number of carboxylic acids is 1. The van der Waals surface area contributed by atoms with Crippen LogP contribution in [0.25, 0.3) is 28.4 Å². The summed E-state index contributed by atoms with van der Waals surface area (Å²) in [6.07, 6.45) is 3.44. The van der Waals surface area contributed by atoms with Gasteiger partial charge in [0.2, 0.25) is 0 Å². The first-order chi connectivity index (χ1) is 14.5. The van der Waals surface area contributed by atoms with Crippen molar-refractivity contribution < 1.29 is 14.6 Å². The Morgan fingerprint density at radius 2 is 1.83 bits per heavy atom. The van der Waals surface area contributed by atoms with E-state index in [4.69, 9.17) is 16.3 Å². The lowest BCUT2D eigenvalue weighted by Gasteiger charge is -2.06. The molecule has 8 heteroatoms. The molecular weight excluding hydrogens is 424 g/mol. The summed E-state index contributed by atoms with van der Waals surface area (Å²) in [5, 5.41) is 9.63. The van der Waals surface area contributed by atoms with Crippen molar-refractivity contribution >= 4 is 46.0 Å². The third-order valence-corrected chi connectivity index (χ3v) is 5.83. The second-order valence-corrected chi connectivity index (χ2v) is 7.65. The molecule has 0 bridgehead atoms. The summed E-state index contributed by atoms with van der Waals surface area (Å²) in [7, 11) is 1.54. The number of halogens is 1. The fourth-order valence-electron chi connectivity index (χ4n) is 3.01. The number of aromatic nitrogens is 2. The zero-order valence-corrected chi connectivity index (χ0v) is 17.3. The Labute approximate surface area is 180 Å². The van der Waals surface area contributed by atoms with Crippen LogP contribution >= 0.6 is 22.9 Å². The van der Waals surface area contributed by atoms with Crippen molar-refractivity contribution in [3.05, 3.63) is 86.1 Å². The molecule has 30 heavy (non-hydrogen) atoms. The first kappa shape index (κ1) is 19.9. The number of carbonyl (C=O) groups is 1. The van der Waals surface area contributed by atoms with Crippen LogP contribution in [0.15, 0.2) is 59.4 Å². The van der Waals surface area contributed by atoms with E-state index in [1.54, 1.807) is 36.4 Å². The van der Waals surface area contributed by atoms with E-state index in [1.165, 1.54) is 11.5 Å². The maximum Gasteiger partial charge on any atom is 0.348 e. The van der Waals surface area contributed by atoms with Gasteiger partial charge in [-0.05, 0) is 35.9 Å². The van der Waals surface area contributed by atoms with Gasteiger partial charge in [0.25, 0.3) is 5.56 Å². The molecule has 150 valence electrons. The SMILES string of the molecule is COc1ccc(-c2c(C(=O)O)sc3nc(C=Cc4ccccc4)c(Cl)c(=O)n23)cc1. The molecule has 6 nitrogen and oxygen atoms in total. The van der Waals surface area contributed by atoms with E-state index in [0.717, 1.165) is 16.9 Å². The summed E-state index contributed by atoms with van der Waals surface area (Å²) in [6.45, 7) is 0. The molecule has 0 atom stereocenters. The molecule has 0 amide bonds. The molecule has 0 aliphatic carbocycles. The van der Waals surface area contributed by atoms with Gasteiger partial charge in [-0.15, -0.1) is 0 Å². The van der Waals surface area contributed by atoms with Crippen LogP contribution in [0.3, 0.4) is 0 Å². The van der Waals surface area contributed by atoms with E-state index in [2.05, 4.69) is 4.98 Å². The third kappa shape index (κ3) is 3.60. The van der Waals surface area contributed by atoms with Crippen molar-refractivity contribution in [2.75, 3.05) is 7.11 Å². The van der Waals surface area contributed by atoms with Gasteiger partial charge < -0.3 is 9.84 Å². The number of benzene rings is 2. The van der Waals surface area contributed by atoms with Crippen LogP contribution in [0.1, 0.15) is 20.9 Å². The van der Waals surface area contributed by atoms with Crippen LogP contribution in [-0.4, -0.2) is 27.6 Å². The summed E-state index contributed by atoms with van der Waals surface area (Å²) in [5.41, 5.74) is 1.47. The minimum Gasteiger partial charge on any atom is -0.497 e. The highest BCUT2D eigenvalue weighted by molar-refractivity contribution is 7.19. The van der Waals surface area contributed by atoms with Crippen molar-refractivity contribution in [1.82, 2.24) is 9.38 Å². The lowest BCUT2D eigenvalue weighted by molar-refractivity contribution is 0.0702. The van der Waals surface area contributed by atoms with Gasteiger partial charge in [0, 0.05) is 5.56 Å². The fraction of sp³-hybridized carbons (Fsp3) is 0.0455. The van der Waals surface area contributed by atoms with Crippen LogP contribution in [0.5, 0.6) is 5.75 Å². The molecule has 1 N–H and O–H groups in total. The molecule has 0 radical (unpaired) electrons. The molecule has 2 aromatic heterocycles. The number of hydrogen-bond acceptors (Lipinski definition) is 5. The Balaban J connectivity index is 1.91. The number of carboxylic acid groups (broad SMARTS) is 1. The fourth-order valence-corrected chi connectivity index (χ4v) is 4.18. The smallest absolute Gasteiger partial charge is 0.348 e. The number of fused-ring (bicyclic) bond motifs is 1. The van der Waals surface area contributed by atoms with E-state index in [0.29, 0.717) is 11.3 Å². The molecule has 0 saturated heterocycles. The van der Waals surface area contributed by atoms with Gasteiger partial charge in [-0.25, -0.2) is 14.2 Å². The van der Waals surface area contributed by atoms with E-state index < -0.39 is 11.5 Å². The second kappa shape index (κ2) is 8.14. The Bertz CT molecular complexity index is 1330. The van der Waals surface area contributed by atoms with Crippen molar-refractivity contribution in [3.8, 4) is 17.0 Å². The van der Waals surface area contributed by atoms with E-state index in [9.17, 15) is 14.7 Å². The lowest BCUT2D eigenvalue weighted by Crippen LogP contribution is -2.17. The zero-order valence-electron chi connectivity index (χ0n) is 15.7. The average Bonchev–Trinajstić information content (AvgIpc) is 3.16. The van der Waals surface area contributed by atoms with Gasteiger partial charge >= 0.3 is 5.97 Å². The Hall–Kier alpha value is -3.42. The predicted octanol–water partition coefficient (Wildman–Crippen LogP) is 4.95. The molecule has 0 unspecified atom stereocenters. The van der Waals surface area contributed by atoms with Gasteiger partial charge in [0.15, 0.2) is 4.96 Å². The topological polar surface area (TPSA) is 80.9 Å². The second-order valence-electron chi connectivity index (χ2n) is 6.29. The standard InChI is InChI=1S/C22H15ClN2O4S/c1-29-15-10-8-14(9-11-15)18-19(21(27)28)30-22-24-16(17(23)20(26)25(18)22)12-7-13-5-3-2-4-6-13/h2-12H,1H3,(H,27,28). The van der Waals surface area contributed by atoms with Crippen LogP contribution < -0.4 is 10.3 Å². The molecule has 0 aliphatic rings. The minimum absolute atomic E-state index is 0.00465. The highest BCUT2D eigenvalue weighted by atomic mass is 35.5. The Morgan fingerprint density at radius 3 is 2.47 bits per heavy atom. The molecule has 2 aromatic carbocycles. The van der Waals surface area contributed by atoms with Gasteiger partial charge in [-0.1, -0.05) is 59.3 Å². The summed E-state index contributed by atoms with van der Waals surface area (Å²) >= 11 is 7.25. The van der Waals surface area contributed by atoms with Crippen molar-refractivity contribution in [2.45, 2.75) is 0 Å². The van der Waals surface area contributed by atoms with Crippen LogP contribution in [0, 0.1) is 0 Å². The highest BCUT2D eigenvalue weighted by Gasteiger charge is 2.23. The molecule has 4 rings (SSSR count). The largest absolute Gasteiger partial charge is 0.497 e. The third-order valence-electron chi connectivity index (χ3n) is 4.45. The molecule has 0 saturated carbocycles. The maximum absolute atomic E-state index is 13.1. The van der Waals surface area contributed by atoms with Crippen LogP contribution in [-0.2, 0) is 0 Å². The Kier molecular flexibility index (Phi) is 5.39. The summed E-state index contributed by atoms with van der Waals surface area (Å²) in [6, 6.07) is 16.3. The summed E-state index contributed by atoms with van der Waals surface area (Å²) in [5.74, 6) is -0.528. The van der Waals surface area contributed by atoms with Crippen molar-refractivity contribution in [2.24, 2.45) is 0 Å². The first-order valence-electron chi connectivity index (χ1n) is 8.85. The van der Waals surface area contributed by atoms with Crippen LogP contribution in [0.2, 0.25) is 5.02 Å². The monoisotopic (exact) mass is 438 g/mol. The molecular formula is C22H15ClN2O4S. The first-order valence-corrected chi connectivity index (χ1v) is 10.0. The van der Waals surface area contributed by atoms with Gasteiger partial charge in [0.05, 0.1) is 18.5 Å². The van der Waals surface area contributed by atoms with Gasteiger partial charge in [-0.2, -0.15) is 0 Å². The molecule has 0 fully saturated rings. The molecule has 0 aliphatic heterocycles. The quantitative estimate of drug-likeness (QED) is 0.476. The zero-order chi connectivity index (χ0) is 21.3. The van der Waals surface area contributed by atoms with E-state index in [-0.39, 0.29) is 26.2 Å². The molecule has 4 aromatic rings. The Morgan fingerprint density at radius 1 is 1.13 bits per heavy atom. The highest BCUT2D eigenvalue weighted by Crippen LogP contribution is 2.32. The number of ether oxygens (including phenoxy) is 1. The molecule has 0 spiro atoms. The van der Waals surface area contributed by atoms with E-state index in [1.807, 2.05) is 30.3 Å². The van der Waals surface area contributed by atoms with E-state index >= 15 is 0 Å². The van der Waals surface area contributed by atoms with Gasteiger partial charge in [-0.3, -0.25) is 4.79 Å². The maximum atomic E-state index is 13.1. The normalized spacial score (nSPS) is 11.3. The van der Waals surface area contributed by atoms with Crippen molar-refractivity contribution in [3.63, 3.8) is 0 Å². The molecule has 2 heterocycles. The summed E-state index contributed by atoms with van der Waals surface area (Å²) in [4.78, 5) is 29.6. The van der Waals surface area contributed by atoms with Crippen LogP contribution in [0.4, 0.5) is 0 Å². The minimum atomic E-state index is -1.15. The number of thiazole rings is 1. The number of methoxy groups -OCH3 is 1. The summed E-state index contributed by atoms with van der Waals surface area (Å²) < 4.78 is 6.40. The number of nitrogens with zero attached hydrogens (tertiary/aromatic N) is 2. The predicted molar refractivity (Wildman–Crippen MR) is 119 cm³/mol. The van der Waals surface area contributed by atoms with Crippen molar-refractivity contribution in [1.29, 1.82) is 0 Å². The number of rotatable bonds is 5.